The van der Waals surface area contributed by atoms with Gasteiger partial charge in [-0.2, -0.15) is 4.99 Å². The fourth-order valence-electron chi connectivity index (χ4n) is 4.99. The summed E-state index contributed by atoms with van der Waals surface area (Å²) in [6.07, 6.45) is 11.5. The Balaban J connectivity index is 1.59. The summed E-state index contributed by atoms with van der Waals surface area (Å²) in [5.41, 5.74) is -0.376. The van der Waals surface area contributed by atoms with Crippen LogP contribution in [0.2, 0.25) is 0 Å². The second kappa shape index (κ2) is 3.21. The van der Waals surface area contributed by atoms with Crippen LogP contribution in [-0.4, -0.2) is 17.4 Å². The van der Waals surface area contributed by atoms with E-state index in [1.807, 2.05) is 0 Å². The topological polar surface area (TPSA) is 38.7 Å². The zero-order chi connectivity index (χ0) is 11.5. The fourth-order valence-corrected chi connectivity index (χ4v) is 4.99. The molecule has 0 atom stereocenters. The van der Waals surface area contributed by atoms with Gasteiger partial charge in [0.25, 0.3) is 0 Å². The number of rotatable bonds is 3. The van der Waals surface area contributed by atoms with Crippen LogP contribution >= 0.6 is 0 Å². The lowest BCUT2D eigenvalue weighted by atomic mass is 9.54. The Morgan fingerprint density at radius 2 is 1.53 bits per heavy atom. The van der Waals surface area contributed by atoms with Crippen LogP contribution in [0.25, 0.3) is 0 Å². The Morgan fingerprint density at radius 3 is 1.94 bits per heavy atom. The van der Waals surface area contributed by atoms with Gasteiger partial charge in [0.05, 0.1) is 5.60 Å². The third-order valence-corrected chi connectivity index (χ3v) is 5.32. The molecule has 0 spiro atoms. The van der Waals surface area contributed by atoms with Gasteiger partial charge in [-0.25, -0.2) is 4.79 Å². The molecule has 17 heavy (non-hydrogen) atoms. The number of isocyanates is 1. The van der Waals surface area contributed by atoms with Crippen molar-refractivity contribution in [3.8, 4) is 0 Å². The van der Waals surface area contributed by atoms with Gasteiger partial charge in [-0.05, 0) is 56.3 Å². The van der Waals surface area contributed by atoms with E-state index in [1.54, 1.807) is 6.08 Å². The molecule has 5 aliphatic rings. The minimum Gasteiger partial charge on any atom is -0.347 e. The van der Waals surface area contributed by atoms with E-state index >= 15 is 0 Å². The first kappa shape index (κ1) is 10.3. The van der Waals surface area contributed by atoms with Gasteiger partial charge in [-0.1, -0.05) is 0 Å². The van der Waals surface area contributed by atoms with E-state index in [0.29, 0.717) is 0 Å². The van der Waals surface area contributed by atoms with Gasteiger partial charge in [0.2, 0.25) is 6.08 Å². The van der Waals surface area contributed by atoms with Crippen molar-refractivity contribution in [2.45, 2.75) is 62.7 Å². The molecule has 0 saturated heterocycles. The highest BCUT2D eigenvalue weighted by Gasteiger charge is 2.57. The first-order valence-electron chi connectivity index (χ1n) is 7.00. The maximum absolute atomic E-state index is 10.5. The monoisotopic (exact) mass is 233 g/mol. The molecular formula is C14H19NO2. The van der Waals surface area contributed by atoms with Gasteiger partial charge in [0.1, 0.15) is 0 Å². The van der Waals surface area contributed by atoms with Gasteiger partial charge in [-0.15, -0.1) is 0 Å². The van der Waals surface area contributed by atoms with Crippen LogP contribution < -0.4 is 0 Å². The lowest BCUT2D eigenvalue weighted by Crippen LogP contribution is -2.53. The lowest BCUT2D eigenvalue weighted by Gasteiger charge is -2.56. The van der Waals surface area contributed by atoms with E-state index in [9.17, 15) is 4.79 Å². The van der Waals surface area contributed by atoms with Gasteiger partial charge in [0.15, 0.2) is 5.72 Å². The van der Waals surface area contributed by atoms with Crippen molar-refractivity contribution in [1.82, 2.24) is 0 Å². The van der Waals surface area contributed by atoms with Gasteiger partial charge < -0.3 is 4.74 Å². The van der Waals surface area contributed by atoms with Crippen molar-refractivity contribution < 1.29 is 9.53 Å². The average Bonchev–Trinajstić information content (AvgIpc) is 2.94. The SMILES string of the molecule is O=C=NC1(OC23CC4CC(CC(C4)C2)C3)CC1. The molecule has 0 aromatic carbocycles. The van der Waals surface area contributed by atoms with Crippen molar-refractivity contribution in [2.75, 3.05) is 0 Å². The summed E-state index contributed by atoms with van der Waals surface area (Å²) >= 11 is 0. The number of carbonyl (C=O) groups excluding carboxylic acids is 1. The zero-order valence-electron chi connectivity index (χ0n) is 10.2. The summed E-state index contributed by atoms with van der Waals surface area (Å²) in [7, 11) is 0. The summed E-state index contributed by atoms with van der Waals surface area (Å²) in [6.45, 7) is 0. The first-order valence-corrected chi connectivity index (χ1v) is 7.00. The molecule has 0 heterocycles. The van der Waals surface area contributed by atoms with Crippen LogP contribution in [-0.2, 0) is 9.53 Å². The summed E-state index contributed by atoms with van der Waals surface area (Å²) in [4.78, 5) is 14.4. The first-order chi connectivity index (χ1) is 8.21. The lowest BCUT2D eigenvalue weighted by molar-refractivity contribution is -0.194. The van der Waals surface area contributed by atoms with Crippen molar-refractivity contribution >= 4 is 6.08 Å². The Bertz CT molecular complexity index is 358. The summed E-state index contributed by atoms with van der Waals surface area (Å²) in [5.74, 6) is 2.66. The van der Waals surface area contributed by atoms with Crippen LogP contribution in [0, 0.1) is 17.8 Å². The maximum atomic E-state index is 10.5. The molecule has 5 aliphatic carbocycles. The van der Waals surface area contributed by atoms with Crippen molar-refractivity contribution in [3.05, 3.63) is 0 Å². The molecule has 0 radical (unpaired) electrons. The normalized spacial score (nSPS) is 48.8. The Kier molecular flexibility index (Phi) is 1.94. The second-order valence-electron chi connectivity index (χ2n) is 6.85. The van der Waals surface area contributed by atoms with E-state index in [0.717, 1.165) is 30.6 Å². The summed E-state index contributed by atoms with van der Waals surface area (Å²) in [6, 6.07) is 0. The van der Waals surface area contributed by atoms with Crippen molar-refractivity contribution in [1.29, 1.82) is 0 Å². The smallest absolute Gasteiger partial charge is 0.237 e. The van der Waals surface area contributed by atoms with Crippen molar-refractivity contribution in [2.24, 2.45) is 22.7 Å². The highest BCUT2D eigenvalue weighted by molar-refractivity contribution is 5.35. The molecule has 5 fully saturated rings. The molecule has 3 heteroatoms. The van der Waals surface area contributed by atoms with Crippen LogP contribution in [0.5, 0.6) is 0 Å². The molecule has 0 aromatic rings. The Hall–Kier alpha value is -0.660. The highest BCUT2D eigenvalue weighted by atomic mass is 16.5. The van der Waals surface area contributed by atoms with E-state index in [1.165, 1.54) is 38.5 Å². The highest BCUT2D eigenvalue weighted by Crippen LogP contribution is 2.60. The van der Waals surface area contributed by atoms with Crippen LogP contribution in [0.15, 0.2) is 4.99 Å². The molecule has 0 N–H and O–H groups in total. The average molecular weight is 233 g/mol. The molecule has 92 valence electrons. The molecule has 0 amide bonds. The third kappa shape index (κ3) is 1.60. The summed E-state index contributed by atoms with van der Waals surface area (Å²) < 4.78 is 6.36. The minimum atomic E-state index is -0.451. The van der Waals surface area contributed by atoms with E-state index < -0.39 is 5.72 Å². The van der Waals surface area contributed by atoms with E-state index in [4.69, 9.17) is 4.74 Å². The van der Waals surface area contributed by atoms with Crippen LogP contribution in [0.3, 0.4) is 0 Å². The third-order valence-electron chi connectivity index (χ3n) is 5.32. The molecule has 3 nitrogen and oxygen atoms in total. The summed E-state index contributed by atoms with van der Waals surface area (Å²) in [5, 5.41) is 0. The predicted molar refractivity (Wildman–Crippen MR) is 62.1 cm³/mol. The number of aliphatic imine (C=N–C) groups is 1. The number of hydrogen-bond acceptors (Lipinski definition) is 3. The number of hydrogen-bond donors (Lipinski definition) is 0. The van der Waals surface area contributed by atoms with Crippen LogP contribution in [0.1, 0.15) is 51.4 Å². The second-order valence-corrected chi connectivity index (χ2v) is 6.85. The molecular weight excluding hydrogens is 214 g/mol. The zero-order valence-corrected chi connectivity index (χ0v) is 10.2. The number of nitrogens with zero attached hydrogens (tertiary/aromatic N) is 1. The largest absolute Gasteiger partial charge is 0.347 e. The van der Waals surface area contributed by atoms with E-state index in [-0.39, 0.29) is 5.60 Å². The molecule has 0 aromatic heterocycles. The van der Waals surface area contributed by atoms with E-state index in [2.05, 4.69) is 4.99 Å². The number of ether oxygens (including phenoxy) is 1. The minimum absolute atomic E-state index is 0.0750. The van der Waals surface area contributed by atoms with Gasteiger partial charge >= 0.3 is 0 Å². The molecule has 5 rings (SSSR count). The molecule has 0 aliphatic heterocycles. The molecule has 0 unspecified atom stereocenters. The maximum Gasteiger partial charge on any atom is 0.237 e. The Labute approximate surface area is 102 Å². The molecule has 5 saturated carbocycles. The predicted octanol–water partition coefficient (Wildman–Crippen LogP) is 2.80. The molecule has 4 bridgehead atoms. The quantitative estimate of drug-likeness (QED) is 0.555. The van der Waals surface area contributed by atoms with Gasteiger partial charge in [-0.3, -0.25) is 0 Å². The van der Waals surface area contributed by atoms with Crippen molar-refractivity contribution in [3.63, 3.8) is 0 Å². The van der Waals surface area contributed by atoms with Gasteiger partial charge in [0, 0.05) is 12.8 Å². The fraction of sp³-hybridized carbons (Fsp3) is 0.929. The Morgan fingerprint density at radius 1 is 1.00 bits per heavy atom. The standard InChI is InChI=1S/C14H19NO2/c16-9-15-14(1-2-14)17-13-6-10-3-11(7-13)5-12(4-10)8-13/h10-12H,1-8H2. The van der Waals surface area contributed by atoms with Crippen LogP contribution in [0.4, 0.5) is 0 Å².